The summed E-state index contributed by atoms with van der Waals surface area (Å²) < 4.78 is 31.9. The zero-order valence-corrected chi connectivity index (χ0v) is 14.9. The van der Waals surface area contributed by atoms with Crippen LogP contribution >= 0.6 is 27.5 Å². The topological polar surface area (TPSA) is 50.5 Å². The Kier molecular flexibility index (Phi) is 5.15. The maximum atomic E-state index is 12.6. The van der Waals surface area contributed by atoms with E-state index in [0.717, 1.165) is 0 Å². The predicted molar refractivity (Wildman–Crippen MR) is 79.8 cm³/mol. The number of alkyl halides is 1. The molecule has 0 saturated carbocycles. The number of sulfonamides is 1. The molecular weight excluding hydrogens is 354 g/mol. The van der Waals surface area contributed by atoms with Gasteiger partial charge in [0.2, 0.25) is 10.0 Å². The summed E-state index contributed by atoms with van der Waals surface area (Å²) in [7, 11) is -2.03. The van der Waals surface area contributed by atoms with Crippen molar-refractivity contribution in [2.24, 2.45) is 5.41 Å². The molecule has 0 bridgehead atoms. The molecule has 0 aromatic carbocycles. The van der Waals surface area contributed by atoms with E-state index in [9.17, 15) is 8.42 Å². The fourth-order valence-electron chi connectivity index (χ4n) is 1.55. The summed E-state index contributed by atoms with van der Waals surface area (Å²) in [4.78, 5) is 0.113. The van der Waals surface area contributed by atoms with Gasteiger partial charge in [0, 0.05) is 19.2 Å². The van der Waals surface area contributed by atoms with Crippen molar-refractivity contribution in [3.8, 4) is 0 Å². The largest absolute Gasteiger partial charge is 0.452 e. The van der Waals surface area contributed by atoms with Gasteiger partial charge in [0.1, 0.15) is 10.7 Å². The van der Waals surface area contributed by atoms with Gasteiger partial charge in [-0.2, -0.15) is 4.31 Å². The molecule has 1 heterocycles. The fourth-order valence-corrected chi connectivity index (χ4v) is 4.18. The molecule has 1 unspecified atom stereocenters. The van der Waals surface area contributed by atoms with Crippen LogP contribution in [-0.2, 0) is 15.9 Å². The van der Waals surface area contributed by atoms with Crippen molar-refractivity contribution in [3.63, 3.8) is 0 Å². The van der Waals surface area contributed by atoms with Gasteiger partial charge in [0.05, 0.1) is 5.88 Å². The number of nitrogens with zero attached hydrogens (tertiary/aromatic N) is 1. The maximum absolute atomic E-state index is 12.6. The standard InChI is InChI=1S/C12H19BrClNO3S/c1-8(12(2,3)4)15(5)19(16,17)10-6-9(7-14)18-11(10)13/h6,8H,7H2,1-5H3. The van der Waals surface area contributed by atoms with Gasteiger partial charge in [-0.25, -0.2) is 8.42 Å². The first-order chi connectivity index (χ1) is 8.51. The molecule has 1 aromatic heterocycles. The van der Waals surface area contributed by atoms with Gasteiger partial charge in [-0.05, 0) is 28.3 Å². The molecule has 0 spiro atoms. The molecule has 1 rings (SSSR count). The fraction of sp³-hybridized carbons (Fsp3) is 0.667. The summed E-state index contributed by atoms with van der Waals surface area (Å²) in [6.07, 6.45) is 0. The van der Waals surface area contributed by atoms with Crippen LogP contribution in [0.5, 0.6) is 0 Å². The van der Waals surface area contributed by atoms with E-state index in [4.69, 9.17) is 16.0 Å². The van der Waals surface area contributed by atoms with Gasteiger partial charge < -0.3 is 4.42 Å². The average Bonchev–Trinajstić information content (AvgIpc) is 2.68. The van der Waals surface area contributed by atoms with Crippen molar-refractivity contribution in [2.45, 2.75) is 44.5 Å². The molecule has 0 saturated heterocycles. The Morgan fingerprint density at radius 2 is 2.00 bits per heavy atom. The van der Waals surface area contributed by atoms with Gasteiger partial charge in [-0.3, -0.25) is 0 Å². The Morgan fingerprint density at radius 1 is 1.47 bits per heavy atom. The van der Waals surface area contributed by atoms with E-state index in [1.54, 1.807) is 7.05 Å². The van der Waals surface area contributed by atoms with Crippen LogP contribution in [0.3, 0.4) is 0 Å². The van der Waals surface area contributed by atoms with E-state index in [-0.39, 0.29) is 26.9 Å². The third-order valence-electron chi connectivity index (χ3n) is 3.29. The Balaban J connectivity index is 3.20. The molecule has 19 heavy (non-hydrogen) atoms. The van der Waals surface area contributed by atoms with Crippen LogP contribution in [0, 0.1) is 5.41 Å². The Bertz CT molecular complexity index is 548. The van der Waals surface area contributed by atoms with Crippen LogP contribution in [0.25, 0.3) is 0 Å². The molecule has 0 aliphatic carbocycles. The Morgan fingerprint density at radius 3 is 2.37 bits per heavy atom. The van der Waals surface area contributed by atoms with Crippen LogP contribution in [0.15, 0.2) is 20.0 Å². The number of furan rings is 1. The zero-order valence-electron chi connectivity index (χ0n) is 11.7. The van der Waals surface area contributed by atoms with E-state index in [1.807, 2.05) is 27.7 Å². The van der Waals surface area contributed by atoms with Crippen molar-refractivity contribution in [1.29, 1.82) is 0 Å². The molecule has 0 fully saturated rings. The highest BCUT2D eigenvalue weighted by atomic mass is 79.9. The summed E-state index contributed by atoms with van der Waals surface area (Å²) in [6.45, 7) is 7.88. The first-order valence-electron chi connectivity index (χ1n) is 5.84. The van der Waals surface area contributed by atoms with Crippen molar-refractivity contribution < 1.29 is 12.8 Å². The van der Waals surface area contributed by atoms with E-state index < -0.39 is 10.0 Å². The van der Waals surface area contributed by atoms with E-state index in [2.05, 4.69) is 15.9 Å². The van der Waals surface area contributed by atoms with Gasteiger partial charge in [0.15, 0.2) is 4.67 Å². The maximum Gasteiger partial charge on any atom is 0.247 e. The third kappa shape index (κ3) is 3.54. The molecule has 0 aliphatic rings. The lowest BCUT2D eigenvalue weighted by atomic mass is 9.88. The normalized spacial score (nSPS) is 14.9. The number of hydrogen-bond donors (Lipinski definition) is 0. The van der Waals surface area contributed by atoms with Crippen molar-refractivity contribution >= 4 is 37.6 Å². The first kappa shape index (κ1) is 17.0. The summed E-state index contributed by atoms with van der Waals surface area (Å²) in [5, 5.41) is 0. The second kappa shape index (κ2) is 5.76. The molecule has 0 radical (unpaired) electrons. The SMILES string of the molecule is CC(N(C)S(=O)(=O)c1cc(CCl)oc1Br)C(C)(C)C. The molecule has 1 atom stereocenters. The predicted octanol–water partition coefficient (Wildman–Crippen LogP) is 3.84. The highest BCUT2D eigenvalue weighted by Gasteiger charge is 2.34. The molecule has 110 valence electrons. The second-order valence-electron chi connectivity index (χ2n) is 5.55. The minimum atomic E-state index is -3.61. The van der Waals surface area contributed by atoms with Crippen molar-refractivity contribution in [1.82, 2.24) is 4.31 Å². The van der Waals surface area contributed by atoms with Gasteiger partial charge in [0.25, 0.3) is 0 Å². The molecule has 4 nitrogen and oxygen atoms in total. The first-order valence-corrected chi connectivity index (χ1v) is 8.60. The van der Waals surface area contributed by atoms with Crippen LogP contribution < -0.4 is 0 Å². The van der Waals surface area contributed by atoms with Crippen molar-refractivity contribution in [3.05, 3.63) is 16.5 Å². The Hall–Kier alpha value is -0.0400. The van der Waals surface area contributed by atoms with Gasteiger partial charge >= 0.3 is 0 Å². The number of rotatable bonds is 4. The lowest BCUT2D eigenvalue weighted by molar-refractivity contribution is 0.216. The summed E-state index contributed by atoms with van der Waals surface area (Å²) in [5.41, 5.74) is -0.159. The lowest BCUT2D eigenvalue weighted by Crippen LogP contribution is -2.42. The summed E-state index contributed by atoms with van der Waals surface area (Å²) >= 11 is 8.78. The van der Waals surface area contributed by atoms with Gasteiger partial charge in [-0.1, -0.05) is 20.8 Å². The van der Waals surface area contributed by atoms with Crippen LogP contribution in [0.4, 0.5) is 0 Å². The average molecular weight is 373 g/mol. The van der Waals surface area contributed by atoms with Crippen molar-refractivity contribution in [2.75, 3.05) is 7.05 Å². The minimum absolute atomic E-state index is 0.113. The summed E-state index contributed by atoms with van der Waals surface area (Å²) in [6, 6.07) is 1.30. The van der Waals surface area contributed by atoms with Crippen LogP contribution in [0.2, 0.25) is 0 Å². The minimum Gasteiger partial charge on any atom is -0.452 e. The number of halogens is 2. The molecule has 0 aliphatic heterocycles. The number of hydrogen-bond acceptors (Lipinski definition) is 3. The molecule has 0 N–H and O–H groups in total. The second-order valence-corrected chi connectivity index (χ2v) is 8.50. The highest BCUT2D eigenvalue weighted by molar-refractivity contribution is 9.10. The van der Waals surface area contributed by atoms with E-state index in [1.165, 1.54) is 10.4 Å². The Labute approximate surface area is 128 Å². The smallest absolute Gasteiger partial charge is 0.247 e. The van der Waals surface area contributed by atoms with E-state index >= 15 is 0 Å². The molecule has 0 amide bonds. The van der Waals surface area contributed by atoms with Crippen LogP contribution in [0.1, 0.15) is 33.5 Å². The highest BCUT2D eigenvalue weighted by Crippen LogP contribution is 2.32. The van der Waals surface area contributed by atoms with E-state index in [0.29, 0.717) is 5.76 Å². The molecular formula is C12H19BrClNO3S. The summed E-state index contributed by atoms with van der Waals surface area (Å²) in [5.74, 6) is 0.552. The lowest BCUT2D eigenvalue weighted by Gasteiger charge is -2.34. The third-order valence-corrected chi connectivity index (χ3v) is 6.34. The molecule has 1 aromatic rings. The van der Waals surface area contributed by atoms with Crippen LogP contribution in [-0.4, -0.2) is 25.8 Å². The molecule has 7 heteroatoms. The quantitative estimate of drug-likeness (QED) is 0.755. The monoisotopic (exact) mass is 371 g/mol. The van der Waals surface area contributed by atoms with Gasteiger partial charge in [-0.15, -0.1) is 11.6 Å². The zero-order chi connectivity index (χ0) is 15.0.